The lowest BCUT2D eigenvalue weighted by Gasteiger charge is -2.25. The van der Waals surface area contributed by atoms with Gasteiger partial charge in [0.05, 0.1) is 35.4 Å². The molecule has 1 atom stereocenters. The summed E-state index contributed by atoms with van der Waals surface area (Å²) in [5, 5.41) is 11.9. The third-order valence-corrected chi connectivity index (χ3v) is 6.65. The first kappa shape index (κ1) is 21.3. The molecule has 1 N–H and O–H groups in total. The number of carbonyl (C=O) groups is 1. The molecule has 35 heavy (non-hydrogen) atoms. The molecule has 1 unspecified atom stereocenters. The highest BCUT2D eigenvalue weighted by atomic mass is 32.1. The molecule has 0 fully saturated rings. The van der Waals surface area contributed by atoms with Gasteiger partial charge >= 0.3 is 5.97 Å². The van der Waals surface area contributed by atoms with Gasteiger partial charge in [0.15, 0.2) is 0 Å². The van der Waals surface area contributed by atoms with Gasteiger partial charge in [-0.25, -0.2) is 4.79 Å². The zero-order valence-corrected chi connectivity index (χ0v) is 19.3. The van der Waals surface area contributed by atoms with Crippen molar-refractivity contribution in [3.05, 3.63) is 95.3 Å². The van der Waals surface area contributed by atoms with E-state index in [9.17, 15) is 9.90 Å². The first-order valence-corrected chi connectivity index (χ1v) is 11.5. The predicted octanol–water partition coefficient (Wildman–Crippen LogP) is 4.04. The third kappa shape index (κ3) is 3.61. The minimum atomic E-state index is -1.97. The summed E-state index contributed by atoms with van der Waals surface area (Å²) in [4.78, 5) is 21.9. The minimum Gasteiger partial charge on any atom is -0.497 e. The average Bonchev–Trinajstić information content (AvgIpc) is 3.46. The second-order valence-electron chi connectivity index (χ2n) is 8.14. The molecule has 0 saturated carbocycles. The molecule has 9 heteroatoms. The molecule has 0 spiro atoms. The van der Waals surface area contributed by atoms with Crippen LogP contribution in [0.3, 0.4) is 0 Å². The second-order valence-corrected chi connectivity index (χ2v) is 8.67. The van der Waals surface area contributed by atoms with Crippen molar-refractivity contribution < 1.29 is 19.4 Å². The fraction of sp³-hybridized carbons (Fsp3) is 0.115. The summed E-state index contributed by atoms with van der Waals surface area (Å²) in [5.74, 6) is -1.92. The van der Waals surface area contributed by atoms with Crippen molar-refractivity contribution in [3.63, 3.8) is 0 Å². The van der Waals surface area contributed by atoms with Gasteiger partial charge in [-0.3, -0.25) is 9.97 Å². The normalized spacial score (nSPS) is 17.8. The predicted molar refractivity (Wildman–Crippen MR) is 131 cm³/mol. The van der Waals surface area contributed by atoms with Crippen LogP contribution in [-0.2, 0) is 21.7 Å². The number of benzene rings is 3. The van der Waals surface area contributed by atoms with Crippen LogP contribution in [0.1, 0.15) is 16.7 Å². The Hall–Kier alpha value is -4.21. The molecule has 1 aliphatic heterocycles. The van der Waals surface area contributed by atoms with E-state index in [2.05, 4.69) is 18.7 Å². The number of rotatable bonds is 5. The van der Waals surface area contributed by atoms with Crippen LogP contribution in [0.4, 0.5) is 0 Å². The summed E-state index contributed by atoms with van der Waals surface area (Å²) in [7, 11) is 1.58. The Bertz CT molecular complexity index is 1630. The summed E-state index contributed by atoms with van der Waals surface area (Å²) in [6.45, 7) is 0. The van der Waals surface area contributed by atoms with E-state index in [0.29, 0.717) is 39.1 Å². The number of ether oxygens (including phenoxy) is 2. The van der Waals surface area contributed by atoms with E-state index >= 15 is 0 Å². The number of carbonyl (C=O) groups excluding carboxylic acids is 1. The van der Waals surface area contributed by atoms with E-state index in [1.807, 2.05) is 18.2 Å². The van der Waals surface area contributed by atoms with Gasteiger partial charge in [-0.1, -0.05) is 18.2 Å². The van der Waals surface area contributed by atoms with Gasteiger partial charge in [0.1, 0.15) is 16.8 Å². The lowest BCUT2D eigenvalue weighted by Crippen LogP contribution is -2.29. The number of cyclic esters (lactones) is 1. The fourth-order valence-electron chi connectivity index (χ4n) is 4.35. The second kappa shape index (κ2) is 8.23. The molecular formula is C26H18N4O4S. The Kier molecular flexibility index (Phi) is 5.01. The van der Waals surface area contributed by atoms with Crippen LogP contribution >= 0.6 is 11.7 Å². The SMILES string of the molecule is COc1ccc(C2=C(Cc3ccc4nccnc4c3)C(O)(c3ccc4nsnc4c3)OC2=O)cc1. The Balaban J connectivity index is 1.53. The first-order valence-electron chi connectivity index (χ1n) is 10.8. The molecule has 0 amide bonds. The summed E-state index contributed by atoms with van der Waals surface area (Å²) in [5.41, 5.74) is 5.44. The van der Waals surface area contributed by atoms with Crippen LogP contribution in [0.25, 0.3) is 27.6 Å². The molecule has 2 aromatic heterocycles. The van der Waals surface area contributed by atoms with Gasteiger partial charge in [0.2, 0.25) is 0 Å². The molecule has 0 bridgehead atoms. The van der Waals surface area contributed by atoms with Gasteiger partial charge in [-0.05, 0) is 53.6 Å². The van der Waals surface area contributed by atoms with Crippen molar-refractivity contribution in [2.24, 2.45) is 0 Å². The van der Waals surface area contributed by atoms with Crippen LogP contribution in [-0.4, -0.2) is 36.9 Å². The standard InChI is InChI=1S/C26H18N4O4S/c1-33-18-6-3-16(4-7-18)24-19(12-15-2-8-20-22(13-15)28-11-10-27-20)26(32,34-25(24)31)17-5-9-21-23(14-17)30-35-29-21/h2-11,13-14,32H,12H2,1H3. The summed E-state index contributed by atoms with van der Waals surface area (Å²) in [6, 6.07) is 17.9. The summed E-state index contributed by atoms with van der Waals surface area (Å²) < 4.78 is 19.5. The van der Waals surface area contributed by atoms with Gasteiger partial charge in [0, 0.05) is 30.0 Å². The van der Waals surface area contributed by atoms with Crippen LogP contribution in [0.2, 0.25) is 0 Å². The quantitative estimate of drug-likeness (QED) is 0.374. The maximum absolute atomic E-state index is 13.2. The van der Waals surface area contributed by atoms with Crippen LogP contribution in [0.5, 0.6) is 5.75 Å². The molecule has 5 aromatic rings. The molecule has 3 aromatic carbocycles. The molecule has 0 aliphatic carbocycles. The fourth-order valence-corrected chi connectivity index (χ4v) is 4.86. The van der Waals surface area contributed by atoms with E-state index in [1.54, 1.807) is 62.0 Å². The Labute approximate surface area is 203 Å². The smallest absolute Gasteiger partial charge is 0.341 e. The van der Waals surface area contributed by atoms with Crippen LogP contribution < -0.4 is 4.74 Å². The van der Waals surface area contributed by atoms with Gasteiger partial charge in [-0.15, -0.1) is 0 Å². The number of methoxy groups -OCH3 is 1. The molecule has 1 aliphatic rings. The Morgan fingerprint density at radius 1 is 0.914 bits per heavy atom. The molecular weight excluding hydrogens is 464 g/mol. The van der Waals surface area contributed by atoms with Crippen LogP contribution in [0.15, 0.2) is 78.6 Å². The molecule has 3 heterocycles. The zero-order chi connectivity index (χ0) is 24.0. The Morgan fingerprint density at radius 2 is 1.66 bits per heavy atom. The third-order valence-electron chi connectivity index (χ3n) is 6.09. The summed E-state index contributed by atoms with van der Waals surface area (Å²) in [6.07, 6.45) is 3.52. The van der Waals surface area contributed by atoms with E-state index in [1.165, 1.54) is 0 Å². The monoisotopic (exact) mass is 482 g/mol. The zero-order valence-electron chi connectivity index (χ0n) is 18.5. The maximum atomic E-state index is 13.2. The number of esters is 1. The number of nitrogens with zero attached hydrogens (tertiary/aromatic N) is 4. The lowest BCUT2D eigenvalue weighted by atomic mass is 9.88. The van der Waals surface area contributed by atoms with E-state index in [0.717, 1.165) is 28.3 Å². The molecule has 0 saturated heterocycles. The first-order chi connectivity index (χ1) is 17.0. The van der Waals surface area contributed by atoms with E-state index < -0.39 is 11.8 Å². The number of fused-ring (bicyclic) bond motifs is 2. The van der Waals surface area contributed by atoms with Crippen molar-refractivity contribution in [1.29, 1.82) is 0 Å². The van der Waals surface area contributed by atoms with E-state index in [-0.39, 0.29) is 6.42 Å². The minimum absolute atomic E-state index is 0.253. The molecule has 172 valence electrons. The number of hydrogen-bond donors (Lipinski definition) is 1. The van der Waals surface area contributed by atoms with E-state index in [4.69, 9.17) is 9.47 Å². The van der Waals surface area contributed by atoms with Crippen LogP contribution in [0, 0.1) is 0 Å². The van der Waals surface area contributed by atoms with Gasteiger partial charge < -0.3 is 14.6 Å². The average molecular weight is 483 g/mol. The van der Waals surface area contributed by atoms with Gasteiger partial charge in [-0.2, -0.15) is 8.75 Å². The largest absolute Gasteiger partial charge is 0.497 e. The van der Waals surface area contributed by atoms with Crippen molar-refractivity contribution in [1.82, 2.24) is 18.7 Å². The number of hydrogen-bond acceptors (Lipinski definition) is 9. The summed E-state index contributed by atoms with van der Waals surface area (Å²) >= 11 is 1.08. The maximum Gasteiger partial charge on any atom is 0.341 e. The number of aromatic nitrogens is 4. The molecule has 8 nitrogen and oxygen atoms in total. The van der Waals surface area contributed by atoms with Crippen molar-refractivity contribution in [3.8, 4) is 5.75 Å². The van der Waals surface area contributed by atoms with Crippen molar-refractivity contribution >= 4 is 45.3 Å². The Morgan fingerprint density at radius 3 is 2.46 bits per heavy atom. The van der Waals surface area contributed by atoms with Crippen molar-refractivity contribution in [2.75, 3.05) is 7.11 Å². The molecule has 6 rings (SSSR count). The highest BCUT2D eigenvalue weighted by Crippen LogP contribution is 2.45. The highest BCUT2D eigenvalue weighted by molar-refractivity contribution is 7.00. The lowest BCUT2D eigenvalue weighted by molar-refractivity contribution is -0.185. The number of aliphatic hydroxyl groups is 1. The van der Waals surface area contributed by atoms with Gasteiger partial charge in [0.25, 0.3) is 5.79 Å². The molecule has 0 radical (unpaired) electrons. The highest BCUT2D eigenvalue weighted by Gasteiger charge is 2.48. The topological polar surface area (TPSA) is 107 Å². The van der Waals surface area contributed by atoms with Crippen molar-refractivity contribution in [2.45, 2.75) is 12.2 Å².